The quantitative estimate of drug-likeness (QED) is 0.851. The van der Waals surface area contributed by atoms with Gasteiger partial charge in [0.05, 0.1) is 5.56 Å². The number of para-hydroxylation sites is 1. The van der Waals surface area contributed by atoms with Crippen LogP contribution in [0.4, 0.5) is 0 Å². The molecule has 0 saturated carbocycles. The summed E-state index contributed by atoms with van der Waals surface area (Å²) in [6.07, 6.45) is 3.42. The second kappa shape index (κ2) is 6.09. The van der Waals surface area contributed by atoms with Gasteiger partial charge in [0, 0.05) is 11.9 Å². The van der Waals surface area contributed by atoms with E-state index in [2.05, 4.69) is 19.2 Å². The maximum atomic E-state index is 12.3. The van der Waals surface area contributed by atoms with Crippen LogP contribution in [0.5, 0.6) is 0 Å². The molecule has 0 aliphatic heterocycles. The van der Waals surface area contributed by atoms with Crippen molar-refractivity contribution >= 4 is 16.9 Å². The minimum absolute atomic E-state index is 0.0187. The Hall–Kier alpha value is -1.81. The number of hydrogen-bond donors (Lipinski definition) is 2. The molecule has 0 aliphatic carbocycles. The summed E-state index contributed by atoms with van der Waals surface area (Å²) in [5.41, 5.74) is 7.15. The van der Waals surface area contributed by atoms with E-state index in [1.807, 2.05) is 24.3 Å². The van der Waals surface area contributed by atoms with Gasteiger partial charge in [-0.3, -0.25) is 4.79 Å². The molecule has 0 unspecified atom stereocenters. The number of benzene rings is 1. The van der Waals surface area contributed by atoms with Gasteiger partial charge in [-0.2, -0.15) is 0 Å². The van der Waals surface area contributed by atoms with Crippen molar-refractivity contribution in [3.63, 3.8) is 0 Å². The van der Waals surface area contributed by atoms with Crippen LogP contribution in [0, 0.1) is 5.41 Å². The number of furan rings is 1. The van der Waals surface area contributed by atoms with Crippen LogP contribution in [0.2, 0.25) is 0 Å². The highest BCUT2D eigenvalue weighted by molar-refractivity contribution is 6.05. The zero-order chi connectivity index (χ0) is 14.6. The van der Waals surface area contributed by atoms with Crippen LogP contribution in [0.1, 0.15) is 37.0 Å². The normalized spacial score (nSPS) is 11.8. The summed E-state index contributed by atoms with van der Waals surface area (Å²) in [6, 6.07) is 7.54. The predicted octanol–water partition coefficient (Wildman–Crippen LogP) is 2.93. The number of carbonyl (C=O) groups is 1. The molecule has 0 radical (unpaired) electrons. The summed E-state index contributed by atoms with van der Waals surface area (Å²) >= 11 is 0. The van der Waals surface area contributed by atoms with Crippen molar-refractivity contribution < 1.29 is 9.21 Å². The van der Waals surface area contributed by atoms with Gasteiger partial charge < -0.3 is 15.5 Å². The molecule has 0 aliphatic rings. The third-order valence-electron chi connectivity index (χ3n) is 4.28. The minimum Gasteiger partial charge on any atom is -0.463 e. The van der Waals surface area contributed by atoms with Crippen LogP contribution in [0.15, 0.2) is 34.9 Å². The second-order valence-electron chi connectivity index (χ2n) is 5.24. The van der Waals surface area contributed by atoms with E-state index in [0.29, 0.717) is 18.7 Å². The molecule has 0 atom stereocenters. The first-order valence-corrected chi connectivity index (χ1v) is 7.10. The maximum Gasteiger partial charge on any atom is 0.255 e. The molecule has 108 valence electrons. The van der Waals surface area contributed by atoms with Crippen LogP contribution in [0.25, 0.3) is 11.0 Å². The van der Waals surface area contributed by atoms with Gasteiger partial charge >= 0.3 is 0 Å². The van der Waals surface area contributed by atoms with Crippen molar-refractivity contribution in [1.82, 2.24) is 5.32 Å². The van der Waals surface area contributed by atoms with E-state index < -0.39 is 0 Å². The van der Waals surface area contributed by atoms with E-state index in [1.165, 1.54) is 6.26 Å². The van der Waals surface area contributed by atoms with E-state index in [4.69, 9.17) is 10.2 Å². The Morgan fingerprint density at radius 1 is 1.30 bits per heavy atom. The molecule has 1 amide bonds. The predicted molar refractivity (Wildman–Crippen MR) is 80.6 cm³/mol. The molecule has 1 aromatic heterocycles. The van der Waals surface area contributed by atoms with E-state index >= 15 is 0 Å². The fraction of sp³-hybridized carbons (Fsp3) is 0.438. The summed E-state index contributed by atoms with van der Waals surface area (Å²) in [5.74, 6) is -0.102. The van der Waals surface area contributed by atoms with Crippen LogP contribution >= 0.6 is 0 Å². The number of amides is 1. The Kier molecular flexibility index (Phi) is 4.45. The zero-order valence-corrected chi connectivity index (χ0v) is 12.1. The molecule has 2 aromatic rings. The lowest BCUT2D eigenvalue weighted by Crippen LogP contribution is -2.41. The number of fused-ring (bicyclic) bond motifs is 1. The summed E-state index contributed by atoms with van der Waals surface area (Å²) in [6.45, 7) is 5.38. The molecule has 4 heteroatoms. The highest BCUT2D eigenvalue weighted by Gasteiger charge is 2.25. The third kappa shape index (κ3) is 2.70. The largest absolute Gasteiger partial charge is 0.463 e. The number of nitrogens with one attached hydrogen (secondary N) is 1. The molecule has 20 heavy (non-hydrogen) atoms. The molecule has 4 nitrogen and oxygen atoms in total. The number of hydrogen-bond acceptors (Lipinski definition) is 3. The van der Waals surface area contributed by atoms with Crippen molar-refractivity contribution in [1.29, 1.82) is 0 Å². The number of carbonyl (C=O) groups excluding carboxylic acids is 1. The Bertz CT molecular complexity index is 577. The van der Waals surface area contributed by atoms with Gasteiger partial charge in [-0.1, -0.05) is 32.0 Å². The Morgan fingerprint density at radius 2 is 2.00 bits per heavy atom. The third-order valence-corrected chi connectivity index (χ3v) is 4.28. The maximum absolute atomic E-state index is 12.3. The van der Waals surface area contributed by atoms with Crippen LogP contribution in [-0.4, -0.2) is 19.0 Å². The first-order valence-electron chi connectivity index (χ1n) is 7.10. The van der Waals surface area contributed by atoms with Crippen LogP contribution in [-0.2, 0) is 0 Å². The second-order valence-corrected chi connectivity index (χ2v) is 5.24. The van der Waals surface area contributed by atoms with Crippen molar-refractivity contribution in [3.8, 4) is 0 Å². The lowest BCUT2D eigenvalue weighted by Gasteiger charge is -2.30. The molecule has 2 rings (SSSR count). The van der Waals surface area contributed by atoms with Crippen molar-refractivity contribution in [2.75, 3.05) is 13.1 Å². The smallest absolute Gasteiger partial charge is 0.255 e. The SMILES string of the molecule is CCC(CC)(CN)CNC(=O)c1coc2ccccc12. The first-order chi connectivity index (χ1) is 9.65. The number of rotatable bonds is 6. The minimum atomic E-state index is -0.102. The van der Waals surface area contributed by atoms with Gasteiger partial charge in [0.25, 0.3) is 5.91 Å². The molecule has 0 spiro atoms. The molecule has 3 N–H and O–H groups in total. The Labute approximate surface area is 119 Å². The average Bonchev–Trinajstić information content (AvgIpc) is 2.93. The van der Waals surface area contributed by atoms with E-state index in [0.717, 1.165) is 23.8 Å². The zero-order valence-electron chi connectivity index (χ0n) is 12.1. The van der Waals surface area contributed by atoms with Crippen molar-refractivity contribution in [2.45, 2.75) is 26.7 Å². The highest BCUT2D eigenvalue weighted by atomic mass is 16.3. The summed E-state index contributed by atoms with van der Waals surface area (Å²) in [4.78, 5) is 12.3. The van der Waals surface area contributed by atoms with Crippen LogP contribution in [0.3, 0.4) is 0 Å². The van der Waals surface area contributed by atoms with Gasteiger partial charge in [-0.15, -0.1) is 0 Å². The molecular formula is C16H22N2O2. The molecular weight excluding hydrogens is 252 g/mol. The summed E-state index contributed by atoms with van der Waals surface area (Å²) < 4.78 is 5.40. The Balaban J connectivity index is 2.13. The van der Waals surface area contributed by atoms with Gasteiger partial charge in [0.2, 0.25) is 0 Å². The average molecular weight is 274 g/mol. The fourth-order valence-corrected chi connectivity index (χ4v) is 2.38. The standard InChI is InChI=1S/C16H22N2O2/c1-3-16(4-2,10-17)11-18-15(19)13-9-20-14-8-6-5-7-12(13)14/h5-9H,3-4,10-11,17H2,1-2H3,(H,18,19). The molecule has 0 fully saturated rings. The summed E-state index contributed by atoms with van der Waals surface area (Å²) in [5, 5.41) is 3.84. The topological polar surface area (TPSA) is 68.3 Å². The number of nitrogens with two attached hydrogens (primary N) is 1. The van der Waals surface area contributed by atoms with Gasteiger partial charge in [0.1, 0.15) is 11.8 Å². The van der Waals surface area contributed by atoms with E-state index in [-0.39, 0.29) is 11.3 Å². The highest BCUT2D eigenvalue weighted by Crippen LogP contribution is 2.24. The monoisotopic (exact) mass is 274 g/mol. The fourth-order valence-electron chi connectivity index (χ4n) is 2.38. The lowest BCUT2D eigenvalue weighted by atomic mass is 9.82. The van der Waals surface area contributed by atoms with Crippen molar-refractivity contribution in [3.05, 3.63) is 36.1 Å². The molecule has 1 heterocycles. The molecule has 1 aromatic carbocycles. The molecule has 0 bridgehead atoms. The molecule has 0 saturated heterocycles. The van der Waals surface area contributed by atoms with Crippen molar-refractivity contribution in [2.24, 2.45) is 11.1 Å². The Morgan fingerprint density at radius 3 is 2.65 bits per heavy atom. The van der Waals surface area contributed by atoms with Gasteiger partial charge in [-0.25, -0.2) is 0 Å². The van der Waals surface area contributed by atoms with Gasteiger partial charge in [-0.05, 0) is 30.9 Å². The van der Waals surface area contributed by atoms with Gasteiger partial charge in [0.15, 0.2) is 0 Å². The van der Waals surface area contributed by atoms with E-state index in [9.17, 15) is 4.79 Å². The van der Waals surface area contributed by atoms with Crippen LogP contribution < -0.4 is 11.1 Å². The first kappa shape index (κ1) is 14.6. The lowest BCUT2D eigenvalue weighted by molar-refractivity contribution is 0.0929. The van der Waals surface area contributed by atoms with E-state index in [1.54, 1.807) is 0 Å². The summed E-state index contributed by atoms with van der Waals surface area (Å²) in [7, 11) is 0.